The number of rotatable bonds is 5. The minimum atomic E-state index is -0.267. The molecule has 1 heterocycles. The quantitative estimate of drug-likeness (QED) is 0.805. The van der Waals surface area contributed by atoms with Crippen molar-refractivity contribution in [2.24, 2.45) is 0 Å². The summed E-state index contributed by atoms with van der Waals surface area (Å²) < 4.78 is 20.0. The van der Waals surface area contributed by atoms with E-state index in [1.54, 1.807) is 0 Å². The molecule has 0 atom stereocenters. The summed E-state index contributed by atoms with van der Waals surface area (Å²) in [4.78, 5) is 0. The van der Waals surface area contributed by atoms with Gasteiger partial charge in [-0.2, -0.15) is 0 Å². The van der Waals surface area contributed by atoms with Crippen LogP contribution in [-0.2, 0) is 6.54 Å². The van der Waals surface area contributed by atoms with Gasteiger partial charge in [0.05, 0.1) is 11.0 Å². The normalized spacial score (nSPS) is 15.3. The monoisotopic (exact) mass is 325 g/mol. The fourth-order valence-electron chi connectivity index (χ4n) is 2.49. The van der Waals surface area contributed by atoms with Gasteiger partial charge < -0.3 is 9.73 Å². The summed E-state index contributed by atoms with van der Waals surface area (Å²) in [6.07, 6.45) is 3.52. The molecule has 1 N–H and O–H groups in total. The number of halogens is 2. The highest BCUT2D eigenvalue weighted by molar-refractivity contribution is 9.10. The number of fused-ring (bicyclic) bond motifs is 1. The number of nitrogens with one attached hydrogen (secondary N) is 1. The van der Waals surface area contributed by atoms with E-state index in [2.05, 4.69) is 28.2 Å². The van der Waals surface area contributed by atoms with Crippen LogP contribution in [0.25, 0.3) is 11.0 Å². The molecule has 0 saturated heterocycles. The predicted octanol–water partition coefficient (Wildman–Crippen LogP) is 4.71. The van der Waals surface area contributed by atoms with Crippen LogP contribution in [0.5, 0.6) is 0 Å². The van der Waals surface area contributed by atoms with E-state index in [0.29, 0.717) is 16.0 Å². The molecule has 1 fully saturated rings. The van der Waals surface area contributed by atoms with Gasteiger partial charge in [-0.25, -0.2) is 4.39 Å². The molecule has 0 unspecified atom stereocenters. The molecule has 0 bridgehead atoms. The summed E-state index contributed by atoms with van der Waals surface area (Å²) >= 11 is 3.26. The van der Waals surface area contributed by atoms with Crippen LogP contribution in [0.3, 0.4) is 0 Å². The van der Waals surface area contributed by atoms with E-state index in [4.69, 9.17) is 4.42 Å². The molecule has 19 heavy (non-hydrogen) atoms. The van der Waals surface area contributed by atoms with Crippen LogP contribution in [0, 0.1) is 5.82 Å². The molecule has 0 aliphatic heterocycles. The molecule has 2 aromatic rings. The highest BCUT2D eigenvalue weighted by Gasteiger charge is 2.31. The lowest BCUT2D eigenvalue weighted by Gasteiger charge is -2.03. The maximum absolute atomic E-state index is 13.6. The Bertz CT molecular complexity index is 604. The second-order valence-electron chi connectivity index (χ2n) is 5.15. The maximum Gasteiger partial charge on any atom is 0.141 e. The summed E-state index contributed by atoms with van der Waals surface area (Å²) in [5, 5.41) is 4.42. The van der Waals surface area contributed by atoms with Crippen LogP contribution in [0.15, 0.2) is 21.0 Å². The van der Waals surface area contributed by atoms with E-state index >= 15 is 0 Å². The van der Waals surface area contributed by atoms with Gasteiger partial charge in [0, 0.05) is 17.0 Å². The van der Waals surface area contributed by atoms with Gasteiger partial charge in [-0.1, -0.05) is 6.92 Å². The first kappa shape index (κ1) is 13.1. The molecule has 1 aromatic carbocycles. The van der Waals surface area contributed by atoms with Crippen molar-refractivity contribution in [2.75, 3.05) is 6.54 Å². The van der Waals surface area contributed by atoms with Crippen LogP contribution >= 0.6 is 15.9 Å². The van der Waals surface area contributed by atoms with Crippen LogP contribution in [-0.4, -0.2) is 6.54 Å². The molecular weight excluding hydrogens is 309 g/mol. The standard InChI is InChI=1S/C15H17BrFNO/c1-2-5-18-8-14-15(9-3-4-9)10-6-11(16)12(17)7-13(10)19-14/h6-7,9,18H,2-5,8H2,1H3. The van der Waals surface area contributed by atoms with Crippen molar-refractivity contribution < 1.29 is 8.81 Å². The van der Waals surface area contributed by atoms with Crippen molar-refractivity contribution in [1.29, 1.82) is 0 Å². The summed E-state index contributed by atoms with van der Waals surface area (Å²) in [6.45, 7) is 3.84. The molecule has 3 rings (SSSR count). The predicted molar refractivity (Wildman–Crippen MR) is 77.8 cm³/mol. The third-order valence-corrected chi connectivity index (χ3v) is 4.15. The van der Waals surface area contributed by atoms with Crippen molar-refractivity contribution in [2.45, 2.75) is 38.6 Å². The zero-order chi connectivity index (χ0) is 13.4. The SMILES string of the molecule is CCCNCc1oc2cc(F)c(Br)cc2c1C1CC1. The van der Waals surface area contributed by atoms with Gasteiger partial charge in [0.15, 0.2) is 0 Å². The summed E-state index contributed by atoms with van der Waals surface area (Å²) in [6, 6.07) is 3.33. The Kier molecular flexibility index (Phi) is 3.63. The zero-order valence-electron chi connectivity index (χ0n) is 10.9. The number of hydrogen-bond donors (Lipinski definition) is 1. The summed E-state index contributed by atoms with van der Waals surface area (Å²) in [7, 11) is 0. The molecule has 0 spiro atoms. The minimum absolute atomic E-state index is 0.267. The van der Waals surface area contributed by atoms with E-state index < -0.39 is 0 Å². The average Bonchev–Trinajstić information content (AvgIpc) is 3.15. The zero-order valence-corrected chi connectivity index (χ0v) is 12.5. The van der Waals surface area contributed by atoms with Crippen LogP contribution < -0.4 is 5.32 Å². The Morgan fingerprint density at radius 1 is 1.42 bits per heavy atom. The fourth-order valence-corrected chi connectivity index (χ4v) is 2.83. The molecule has 4 heteroatoms. The number of benzene rings is 1. The van der Waals surface area contributed by atoms with Crippen LogP contribution in [0.1, 0.15) is 43.4 Å². The van der Waals surface area contributed by atoms with Gasteiger partial charge in [-0.3, -0.25) is 0 Å². The molecule has 1 aliphatic carbocycles. The van der Waals surface area contributed by atoms with E-state index in [-0.39, 0.29) is 5.82 Å². The van der Waals surface area contributed by atoms with E-state index in [1.807, 2.05) is 6.07 Å². The molecule has 1 aromatic heterocycles. The Hall–Kier alpha value is -0.870. The molecule has 1 aliphatic rings. The van der Waals surface area contributed by atoms with Crippen molar-refractivity contribution in [3.8, 4) is 0 Å². The Morgan fingerprint density at radius 2 is 2.21 bits per heavy atom. The third kappa shape index (κ3) is 2.56. The Morgan fingerprint density at radius 3 is 2.89 bits per heavy atom. The lowest BCUT2D eigenvalue weighted by Crippen LogP contribution is -2.14. The first-order chi connectivity index (χ1) is 9.20. The van der Waals surface area contributed by atoms with E-state index in [1.165, 1.54) is 24.5 Å². The number of hydrogen-bond acceptors (Lipinski definition) is 2. The van der Waals surface area contributed by atoms with Crippen molar-refractivity contribution in [3.05, 3.63) is 33.7 Å². The smallest absolute Gasteiger partial charge is 0.141 e. The first-order valence-electron chi connectivity index (χ1n) is 6.81. The highest BCUT2D eigenvalue weighted by atomic mass is 79.9. The van der Waals surface area contributed by atoms with E-state index in [0.717, 1.165) is 30.7 Å². The first-order valence-corrected chi connectivity index (χ1v) is 7.61. The van der Waals surface area contributed by atoms with Gasteiger partial charge in [0.1, 0.15) is 17.2 Å². The van der Waals surface area contributed by atoms with Gasteiger partial charge in [-0.15, -0.1) is 0 Å². The second kappa shape index (κ2) is 5.25. The molecule has 1 saturated carbocycles. The number of furan rings is 1. The molecule has 0 radical (unpaired) electrons. The lowest BCUT2D eigenvalue weighted by atomic mass is 10.1. The fraction of sp³-hybridized carbons (Fsp3) is 0.467. The van der Waals surface area contributed by atoms with Gasteiger partial charge in [0.2, 0.25) is 0 Å². The van der Waals surface area contributed by atoms with Crippen molar-refractivity contribution in [1.82, 2.24) is 5.32 Å². The maximum atomic E-state index is 13.6. The van der Waals surface area contributed by atoms with Gasteiger partial charge in [-0.05, 0) is 53.7 Å². The van der Waals surface area contributed by atoms with E-state index in [9.17, 15) is 4.39 Å². The summed E-state index contributed by atoms with van der Waals surface area (Å²) in [5.74, 6) is 1.30. The van der Waals surface area contributed by atoms with Crippen LogP contribution in [0.4, 0.5) is 4.39 Å². The third-order valence-electron chi connectivity index (χ3n) is 3.54. The Balaban J connectivity index is 2.02. The minimum Gasteiger partial charge on any atom is -0.459 e. The average molecular weight is 326 g/mol. The highest BCUT2D eigenvalue weighted by Crippen LogP contribution is 2.46. The lowest BCUT2D eigenvalue weighted by molar-refractivity contribution is 0.505. The van der Waals surface area contributed by atoms with Gasteiger partial charge in [0.25, 0.3) is 0 Å². The Labute approximate surface area is 120 Å². The largest absolute Gasteiger partial charge is 0.459 e. The molecule has 102 valence electrons. The molecule has 0 amide bonds. The van der Waals surface area contributed by atoms with Crippen molar-refractivity contribution in [3.63, 3.8) is 0 Å². The van der Waals surface area contributed by atoms with Crippen molar-refractivity contribution >= 4 is 26.9 Å². The van der Waals surface area contributed by atoms with Crippen LogP contribution in [0.2, 0.25) is 0 Å². The molecule has 2 nitrogen and oxygen atoms in total. The summed E-state index contributed by atoms with van der Waals surface area (Å²) in [5.41, 5.74) is 1.94. The second-order valence-corrected chi connectivity index (χ2v) is 6.01. The topological polar surface area (TPSA) is 25.2 Å². The van der Waals surface area contributed by atoms with Gasteiger partial charge >= 0.3 is 0 Å². The molecular formula is C15H17BrFNO.